The first-order valence-corrected chi connectivity index (χ1v) is 8.03. The van der Waals surface area contributed by atoms with Gasteiger partial charge >= 0.3 is 7.12 Å². The summed E-state index contributed by atoms with van der Waals surface area (Å²) in [6.07, 6.45) is 1.97. The van der Waals surface area contributed by atoms with Crippen molar-refractivity contribution in [3.8, 4) is 11.8 Å². The predicted octanol–water partition coefficient (Wildman–Crippen LogP) is 2.80. The standard InChI is InChI=1S/C18H25BN2O3/c1-17(2)18(3,4)24-19(23-17)15(12-21-5)10-14-9-13(11-20)7-8-16(14)22-6/h7-10,21H,12H2,1-6H3. The fourth-order valence-corrected chi connectivity index (χ4v) is 2.52. The zero-order valence-corrected chi connectivity index (χ0v) is 15.3. The van der Waals surface area contributed by atoms with Gasteiger partial charge in [0.15, 0.2) is 0 Å². The van der Waals surface area contributed by atoms with Gasteiger partial charge in [-0.3, -0.25) is 0 Å². The molecular weight excluding hydrogens is 303 g/mol. The molecule has 24 heavy (non-hydrogen) atoms. The Morgan fingerprint density at radius 2 is 1.92 bits per heavy atom. The molecule has 6 heteroatoms. The summed E-state index contributed by atoms with van der Waals surface area (Å²) in [5, 5.41) is 12.3. The Morgan fingerprint density at radius 3 is 2.42 bits per heavy atom. The third-order valence-electron chi connectivity index (χ3n) is 4.64. The van der Waals surface area contributed by atoms with Crippen molar-refractivity contribution in [2.24, 2.45) is 0 Å². The van der Waals surface area contributed by atoms with Gasteiger partial charge in [0, 0.05) is 12.1 Å². The molecule has 2 rings (SSSR count). The van der Waals surface area contributed by atoms with Gasteiger partial charge in [0.05, 0.1) is 29.9 Å². The summed E-state index contributed by atoms with van der Waals surface area (Å²) < 4.78 is 17.7. The van der Waals surface area contributed by atoms with Gasteiger partial charge in [-0.1, -0.05) is 6.08 Å². The number of ether oxygens (including phenoxy) is 1. The maximum absolute atomic E-state index is 9.14. The van der Waals surface area contributed by atoms with Gasteiger partial charge in [0.25, 0.3) is 0 Å². The fraction of sp³-hybridized carbons (Fsp3) is 0.500. The number of nitrogens with one attached hydrogen (secondary N) is 1. The lowest BCUT2D eigenvalue weighted by atomic mass is 9.77. The number of likely N-dealkylation sites (N-methyl/N-ethyl adjacent to an activating group) is 1. The minimum Gasteiger partial charge on any atom is -0.496 e. The van der Waals surface area contributed by atoms with E-state index in [0.717, 1.165) is 11.0 Å². The lowest BCUT2D eigenvalue weighted by molar-refractivity contribution is 0.00578. The van der Waals surface area contributed by atoms with Gasteiger partial charge in [-0.15, -0.1) is 0 Å². The van der Waals surface area contributed by atoms with E-state index in [1.54, 1.807) is 25.3 Å². The lowest BCUT2D eigenvalue weighted by Crippen LogP contribution is -2.41. The second kappa shape index (κ2) is 6.98. The summed E-state index contributed by atoms with van der Waals surface area (Å²) >= 11 is 0. The van der Waals surface area contributed by atoms with Crippen LogP contribution in [-0.4, -0.2) is 39.0 Å². The number of rotatable bonds is 5. The van der Waals surface area contributed by atoms with Gasteiger partial charge in [0.1, 0.15) is 5.75 Å². The SMILES string of the molecule is CNCC(=Cc1cc(C#N)ccc1OC)B1OC(C)(C)C(C)(C)O1. The first kappa shape index (κ1) is 18.5. The molecule has 1 aliphatic rings. The Balaban J connectivity index is 2.42. The Kier molecular flexibility index (Phi) is 5.39. The molecule has 0 aromatic heterocycles. The molecular formula is C18H25BN2O3. The second-order valence-corrected chi connectivity index (χ2v) is 6.91. The van der Waals surface area contributed by atoms with E-state index in [2.05, 4.69) is 11.4 Å². The summed E-state index contributed by atoms with van der Waals surface area (Å²) in [4.78, 5) is 0. The number of hydrogen-bond donors (Lipinski definition) is 1. The van der Waals surface area contributed by atoms with Crippen LogP contribution in [0.3, 0.4) is 0 Å². The zero-order chi connectivity index (χ0) is 18.0. The summed E-state index contributed by atoms with van der Waals surface area (Å²) in [5.74, 6) is 0.708. The third kappa shape index (κ3) is 3.64. The number of hydrogen-bond acceptors (Lipinski definition) is 5. The molecule has 5 nitrogen and oxygen atoms in total. The van der Waals surface area contributed by atoms with Crippen LogP contribution in [0.2, 0.25) is 0 Å². The van der Waals surface area contributed by atoms with E-state index < -0.39 is 18.3 Å². The fourth-order valence-electron chi connectivity index (χ4n) is 2.52. The highest BCUT2D eigenvalue weighted by atomic mass is 16.7. The molecule has 0 atom stereocenters. The number of methoxy groups -OCH3 is 1. The molecule has 0 radical (unpaired) electrons. The number of benzene rings is 1. The topological polar surface area (TPSA) is 63.5 Å². The van der Waals surface area contributed by atoms with E-state index in [9.17, 15) is 0 Å². The summed E-state index contributed by atoms with van der Waals surface area (Å²) in [5.41, 5.74) is 1.56. The molecule has 1 fully saturated rings. The van der Waals surface area contributed by atoms with E-state index in [-0.39, 0.29) is 0 Å². The Hall–Kier alpha value is -1.81. The molecule has 1 heterocycles. The van der Waals surface area contributed by atoms with Crippen LogP contribution in [0.4, 0.5) is 0 Å². The largest absolute Gasteiger partial charge is 0.496 e. The van der Waals surface area contributed by atoms with Crippen molar-refractivity contribution in [1.29, 1.82) is 5.26 Å². The predicted molar refractivity (Wildman–Crippen MR) is 95.7 cm³/mol. The monoisotopic (exact) mass is 328 g/mol. The molecule has 0 aliphatic carbocycles. The first-order chi connectivity index (χ1) is 11.2. The first-order valence-electron chi connectivity index (χ1n) is 8.03. The molecule has 1 aromatic carbocycles. The smallest absolute Gasteiger partial charge is 0.491 e. The van der Waals surface area contributed by atoms with Crippen LogP contribution in [-0.2, 0) is 9.31 Å². The summed E-state index contributed by atoms with van der Waals surface area (Å²) in [7, 11) is 3.05. The van der Waals surface area contributed by atoms with E-state index in [0.29, 0.717) is 17.9 Å². The van der Waals surface area contributed by atoms with Gasteiger partial charge in [-0.05, 0) is 58.4 Å². The van der Waals surface area contributed by atoms with Crippen molar-refractivity contribution < 1.29 is 14.0 Å². The number of nitrogens with zero attached hydrogens (tertiary/aromatic N) is 1. The van der Waals surface area contributed by atoms with Crippen LogP contribution >= 0.6 is 0 Å². The van der Waals surface area contributed by atoms with E-state index >= 15 is 0 Å². The van der Waals surface area contributed by atoms with Crippen molar-refractivity contribution >= 4 is 13.2 Å². The van der Waals surface area contributed by atoms with E-state index in [1.165, 1.54) is 0 Å². The highest BCUT2D eigenvalue weighted by molar-refractivity contribution is 6.56. The van der Waals surface area contributed by atoms with Gasteiger partial charge in [0.2, 0.25) is 0 Å². The van der Waals surface area contributed by atoms with Gasteiger partial charge < -0.3 is 19.4 Å². The zero-order valence-electron chi connectivity index (χ0n) is 15.3. The lowest BCUT2D eigenvalue weighted by Gasteiger charge is -2.32. The maximum Gasteiger partial charge on any atom is 0.491 e. The summed E-state index contributed by atoms with van der Waals surface area (Å²) in [6, 6.07) is 7.50. The molecule has 1 saturated heterocycles. The van der Waals surface area contributed by atoms with Crippen molar-refractivity contribution in [1.82, 2.24) is 5.32 Å². The van der Waals surface area contributed by atoms with Crippen LogP contribution in [0.25, 0.3) is 6.08 Å². The van der Waals surface area contributed by atoms with E-state index in [1.807, 2.05) is 40.8 Å². The van der Waals surface area contributed by atoms with Crippen LogP contribution in [0.5, 0.6) is 5.75 Å². The average Bonchev–Trinajstić information content (AvgIpc) is 2.74. The Labute approximate surface area is 144 Å². The van der Waals surface area contributed by atoms with E-state index in [4.69, 9.17) is 19.3 Å². The highest BCUT2D eigenvalue weighted by Gasteiger charge is 2.52. The van der Waals surface area contributed by atoms with Crippen molar-refractivity contribution in [2.45, 2.75) is 38.9 Å². The molecule has 1 aromatic rings. The normalized spacial score (nSPS) is 19.2. The van der Waals surface area contributed by atoms with Crippen LogP contribution < -0.4 is 10.1 Å². The van der Waals surface area contributed by atoms with Gasteiger partial charge in [-0.2, -0.15) is 5.26 Å². The number of nitriles is 1. The average molecular weight is 328 g/mol. The van der Waals surface area contributed by atoms with Crippen molar-refractivity contribution in [2.75, 3.05) is 20.7 Å². The van der Waals surface area contributed by atoms with Crippen molar-refractivity contribution in [3.05, 3.63) is 34.8 Å². The molecule has 0 spiro atoms. The molecule has 1 aliphatic heterocycles. The Bertz CT molecular complexity index is 661. The molecule has 1 N–H and O–H groups in total. The van der Waals surface area contributed by atoms with Crippen LogP contribution in [0.1, 0.15) is 38.8 Å². The minimum absolute atomic E-state index is 0.400. The highest BCUT2D eigenvalue weighted by Crippen LogP contribution is 2.39. The quantitative estimate of drug-likeness (QED) is 0.842. The molecule has 0 unspecified atom stereocenters. The maximum atomic E-state index is 9.14. The summed E-state index contributed by atoms with van der Waals surface area (Å²) in [6.45, 7) is 8.72. The molecule has 128 valence electrons. The Morgan fingerprint density at radius 1 is 1.29 bits per heavy atom. The van der Waals surface area contributed by atoms with Crippen molar-refractivity contribution in [3.63, 3.8) is 0 Å². The second-order valence-electron chi connectivity index (χ2n) is 6.91. The van der Waals surface area contributed by atoms with Gasteiger partial charge in [-0.25, -0.2) is 0 Å². The van der Waals surface area contributed by atoms with Crippen LogP contribution in [0.15, 0.2) is 23.7 Å². The molecule has 0 bridgehead atoms. The third-order valence-corrected chi connectivity index (χ3v) is 4.64. The minimum atomic E-state index is -0.446. The molecule has 0 saturated carbocycles. The molecule has 0 amide bonds. The van der Waals surface area contributed by atoms with Crippen LogP contribution in [0, 0.1) is 11.3 Å².